The van der Waals surface area contributed by atoms with Gasteiger partial charge in [0.25, 0.3) is 0 Å². The van der Waals surface area contributed by atoms with Gasteiger partial charge in [0.05, 0.1) is 0 Å². The van der Waals surface area contributed by atoms with Gasteiger partial charge in [0.1, 0.15) is 0 Å². The first-order valence-electron chi connectivity index (χ1n) is 7.06. The highest BCUT2D eigenvalue weighted by molar-refractivity contribution is 5.55. The van der Waals surface area contributed by atoms with Crippen LogP contribution in [0.15, 0.2) is 24.3 Å². The highest BCUT2D eigenvalue weighted by atomic mass is 16.5. The van der Waals surface area contributed by atoms with Gasteiger partial charge in [-0.2, -0.15) is 0 Å². The van der Waals surface area contributed by atoms with Gasteiger partial charge >= 0.3 is 0 Å². The van der Waals surface area contributed by atoms with E-state index in [1.807, 2.05) is 0 Å². The number of nitrogens with zero attached hydrogens (tertiary/aromatic N) is 2. The molecular formula is C15H25N3O. The summed E-state index contributed by atoms with van der Waals surface area (Å²) in [7, 11) is 3.93. The minimum atomic E-state index is 0.812. The topological polar surface area (TPSA) is 27.7 Å². The lowest BCUT2D eigenvalue weighted by Gasteiger charge is -2.34. The van der Waals surface area contributed by atoms with Crippen LogP contribution in [0.1, 0.15) is 6.42 Å². The molecule has 0 amide bonds. The Morgan fingerprint density at radius 2 is 1.79 bits per heavy atom. The number of rotatable bonds is 6. The Bertz CT molecular complexity index is 358. The van der Waals surface area contributed by atoms with Crippen LogP contribution in [0.25, 0.3) is 0 Å². The van der Waals surface area contributed by atoms with Crippen molar-refractivity contribution in [1.29, 1.82) is 0 Å². The number of methoxy groups -OCH3 is 1. The molecule has 106 valence electrons. The summed E-state index contributed by atoms with van der Waals surface area (Å²) in [6.07, 6.45) is 1.04. The van der Waals surface area contributed by atoms with E-state index in [1.165, 1.54) is 11.4 Å². The van der Waals surface area contributed by atoms with Crippen molar-refractivity contribution >= 4 is 11.4 Å². The minimum Gasteiger partial charge on any atom is -0.385 e. The standard InChI is InChI=1S/C15H25N3O/c1-17-9-11-18(12-10-17)15-6-4-14(5-7-15)16-8-3-13-19-2/h4-7,16H,3,8-13H2,1-2H3. The van der Waals surface area contributed by atoms with Crippen molar-refractivity contribution in [2.75, 3.05) is 63.7 Å². The summed E-state index contributed by atoms with van der Waals surface area (Å²) >= 11 is 0. The van der Waals surface area contributed by atoms with E-state index < -0.39 is 0 Å². The summed E-state index contributed by atoms with van der Waals surface area (Å²) < 4.78 is 5.04. The predicted octanol–water partition coefficient (Wildman–Crippen LogP) is 1.89. The summed E-state index contributed by atoms with van der Waals surface area (Å²) in [6.45, 7) is 6.32. The van der Waals surface area contributed by atoms with Crippen LogP contribution >= 0.6 is 0 Å². The van der Waals surface area contributed by atoms with Gasteiger partial charge in [0, 0.05) is 57.8 Å². The molecule has 1 saturated heterocycles. The first-order chi connectivity index (χ1) is 9.29. The molecule has 19 heavy (non-hydrogen) atoms. The van der Waals surface area contributed by atoms with Crippen LogP contribution in [0.5, 0.6) is 0 Å². The number of anilines is 2. The van der Waals surface area contributed by atoms with E-state index in [9.17, 15) is 0 Å². The predicted molar refractivity (Wildman–Crippen MR) is 81.1 cm³/mol. The van der Waals surface area contributed by atoms with Crippen LogP contribution in [-0.2, 0) is 4.74 Å². The molecule has 1 aliphatic heterocycles. The SMILES string of the molecule is COCCCNc1ccc(N2CCN(C)CC2)cc1. The summed E-state index contributed by atoms with van der Waals surface area (Å²) in [5.41, 5.74) is 2.52. The van der Waals surface area contributed by atoms with Crippen molar-refractivity contribution in [3.8, 4) is 0 Å². The Hall–Kier alpha value is -1.26. The number of hydrogen-bond acceptors (Lipinski definition) is 4. The van der Waals surface area contributed by atoms with E-state index >= 15 is 0 Å². The summed E-state index contributed by atoms with van der Waals surface area (Å²) in [4.78, 5) is 4.83. The largest absolute Gasteiger partial charge is 0.385 e. The fraction of sp³-hybridized carbons (Fsp3) is 0.600. The van der Waals surface area contributed by atoms with Crippen molar-refractivity contribution in [2.24, 2.45) is 0 Å². The molecule has 1 fully saturated rings. The lowest BCUT2D eigenvalue weighted by atomic mass is 10.2. The summed E-state index contributed by atoms with van der Waals surface area (Å²) in [5.74, 6) is 0. The maximum absolute atomic E-state index is 5.04. The lowest BCUT2D eigenvalue weighted by Crippen LogP contribution is -2.44. The van der Waals surface area contributed by atoms with E-state index in [2.05, 4.69) is 46.4 Å². The number of benzene rings is 1. The monoisotopic (exact) mass is 263 g/mol. The van der Waals surface area contributed by atoms with Crippen LogP contribution in [-0.4, -0.2) is 58.4 Å². The highest BCUT2D eigenvalue weighted by Gasteiger charge is 2.13. The molecule has 4 nitrogen and oxygen atoms in total. The molecule has 0 unspecified atom stereocenters. The second-order valence-electron chi connectivity index (χ2n) is 5.11. The van der Waals surface area contributed by atoms with E-state index in [0.29, 0.717) is 0 Å². The Balaban J connectivity index is 1.81. The minimum absolute atomic E-state index is 0.812. The van der Waals surface area contributed by atoms with Gasteiger partial charge < -0.3 is 19.9 Å². The van der Waals surface area contributed by atoms with Crippen molar-refractivity contribution in [2.45, 2.75) is 6.42 Å². The van der Waals surface area contributed by atoms with Gasteiger partial charge in [-0.05, 0) is 37.7 Å². The van der Waals surface area contributed by atoms with E-state index in [0.717, 1.165) is 45.8 Å². The smallest absolute Gasteiger partial charge is 0.0479 e. The van der Waals surface area contributed by atoms with Gasteiger partial charge in [-0.3, -0.25) is 0 Å². The molecule has 0 radical (unpaired) electrons. The van der Waals surface area contributed by atoms with E-state index in [4.69, 9.17) is 4.74 Å². The second-order valence-corrected chi connectivity index (χ2v) is 5.11. The number of nitrogens with one attached hydrogen (secondary N) is 1. The van der Waals surface area contributed by atoms with Crippen molar-refractivity contribution < 1.29 is 4.74 Å². The number of likely N-dealkylation sites (N-methyl/N-ethyl adjacent to an activating group) is 1. The molecule has 1 aliphatic rings. The second kappa shape index (κ2) is 7.36. The quantitative estimate of drug-likeness (QED) is 0.793. The van der Waals surface area contributed by atoms with Gasteiger partial charge in [0.15, 0.2) is 0 Å². The third kappa shape index (κ3) is 4.40. The molecule has 0 aliphatic carbocycles. The molecule has 1 N–H and O–H groups in total. The normalized spacial score (nSPS) is 16.6. The highest BCUT2D eigenvalue weighted by Crippen LogP contribution is 2.19. The maximum atomic E-state index is 5.04. The van der Waals surface area contributed by atoms with Crippen LogP contribution in [0.4, 0.5) is 11.4 Å². The molecule has 1 aromatic carbocycles. The van der Waals surface area contributed by atoms with Gasteiger partial charge in [-0.1, -0.05) is 0 Å². The molecular weight excluding hydrogens is 238 g/mol. The Morgan fingerprint density at radius 3 is 2.42 bits per heavy atom. The zero-order chi connectivity index (χ0) is 13.5. The van der Waals surface area contributed by atoms with Crippen molar-refractivity contribution in [3.63, 3.8) is 0 Å². The fourth-order valence-electron chi connectivity index (χ4n) is 2.30. The van der Waals surface area contributed by atoms with E-state index in [-0.39, 0.29) is 0 Å². The van der Waals surface area contributed by atoms with Gasteiger partial charge in [-0.15, -0.1) is 0 Å². The molecule has 0 aromatic heterocycles. The molecule has 0 spiro atoms. The molecule has 0 saturated carbocycles. The zero-order valence-electron chi connectivity index (χ0n) is 12.1. The Labute approximate surface area is 116 Å². The number of ether oxygens (including phenoxy) is 1. The fourth-order valence-corrected chi connectivity index (χ4v) is 2.30. The Kier molecular flexibility index (Phi) is 5.48. The number of piperazine rings is 1. The third-order valence-electron chi connectivity index (χ3n) is 3.59. The molecule has 0 bridgehead atoms. The van der Waals surface area contributed by atoms with Gasteiger partial charge in [0.2, 0.25) is 0 Å². The Morgan fingerprint density at radius 1 is 1.11 bits per heavy atom. The first kappa shape index (κ1) is 14.2. The van der Waals surface area contributed by atoms with E-state index in [1.54, 1.807) is 7.11 Å². The summed E-state index contributed by atoms with van der Waals surface area (Å²) in [6, 6.07) is 8.76. The van der Waals surface area contributed by atoms with Crippen LogP contribution in [0, 0.1) is 0 Å². The number of hydrogen-bond donors (Lipinski definition) is 1. The van der Waals surface area contributed by atoms with Crippen LogP contribution < -0.4 is 10.2 Å². The zero-order valence-corrected chi connectivity index (χ0v) is 12.1. The molecule has 1 aromatic rings. The van der Waals surface area contributed by atoms with Crippen molar-refractivity contribution in [1.82, 2.24) is 4.90 Å². The maximum Gasteiger partial charge on any atom is 0.0479 e. The van der Waals surface area contributed by atoms with Crippen LogP contribution in [0.2, 0.25) is 0 Å². The first-order valence-corrected chi connectivity index (χ1v) is 7.06. The van der Waals surface area contributed by atoms with Gasteiger partial charge in [-0.25, -0.2) is 0 Å². The summed E-state index contributed by atoms with van der Waals surface area (Å²) in [5, 5.41) is 3.41. The molecule has 4 heteroatoms. The average Bonchev–Trinajstić information content (AvgIpc) is 2.45. The molecule has 2 rings (SSSR count). The average molecular weight is 263 g/mol. The van der Waals surface area contributed by atoms with Crippen LogP contribution in [0.3, 0.4) is 0 Å². The molecule has 1 heterocycles. The molecule has 0 atom stereocenters. The van der Waals surface area contributed by atoms with Crippen molar-refractivity contribution in [3.05, 3.63) is 24.3 Å². The lowest BCUT2D eigenvalue weighted by molar-refractivity contribution is 0.198. The third-order valence-corrected chi connectivity index (χ3v) is 3.59.